The van der Waals surface area contributed by atoms with E-state index in [1.54, 1.807) is 0 Å². The Hall–Kier alpha value is -0.870. The normalized spacial score (nSPS) is 22.6. The molecule has 0 radical (unpaired) electrons. The molecule has 0 aromatic carbocycles. The van der Waals surface area contributed by atoms with Crippen LogP contribution in [0.4, 0.5) is 0 Å². The summed E-state index contributed by atoms with van der Waals surface area (Å²) in [5.41, 5.74) is 1.16. The van der Waals surface area contributed by atoms with Crippen LogP contribution in [0.2, 0.25) is 0 Å². The fraction of sp³-hybridized carbons (Fsp3) is 0.722. The molecule has 2 fully saturated rings. The van der Waals surface area contributed by atoms with Crippen LogP contribution in [0, 0.1) is 5.92 Å². The van der Waals surface area contributed by atoms with Crippen molar-refractivity contribution >= 4 is 16.2 Å². The van der Waals surface area contributed by atoms with Crippen molar-refractivity contribution in [3.05, 3.63) is 23.1 Å². The van der Waals surface area contributed by atoms with Gasteiger partial charge < -0.3 is 5.11 Å². The molecular weight excluding hydrogens is 292 g/mol. The predicted octanol–water partition coefficient (Wildman–Crippen LogP) is 5.06. The van der Waals surface area contributed by atoms with Gasteiger partial charge in [0.25, 0.3) is 0 Å². The summed E-state index contributed by atoms with van der Waals surface area (Å²) in [4.78, 5) is 6.92. The van der Waals surface area contributed by atoms with E-state index in [9.17, 15) is 5.11 Å². The first kappa shape index (κ1) is 14.7. The van der Waals surface area contributed by atoms with Crippen LogP contribution in [0.25, 0.3) is 4.83 Å². The van der Waals surface area contributed by atoms with E-state index in [1.807, 2.05) is 23.9 Å². The van der Waals surface area contributed by atoms with Crippen LogP contribution in [0.3, 0.4) is 0 Å². The third kappa shape index (κ3) is 2.71. The Morgan fingerprint density at radius 1 is 1.14 bits per heavy atom. The molecule has 2 aromatic rings. The van der Waals surface area contributed by atoms with Crippen molar-refractivity contribution in [2.45, 2.75) is 76.2 Å². The fourth-order valence-corrected chi connectivity index (χ4v) is 5.80. The molecule has 2 aliphatic carbocycles. The smallest absolute Gasteiger partial charge is 0.120 e. The number of aliphatic hydroxyl groups is 1. The molecule has 3 nitrogen and oxygen atoms in total. The molecule has 4 heteroatoms. The maximum absolute atomic E-state index is 11.0. The maximum atomic E-state index is 11.0. The van der Waals surface area contributed by atoms with Gasteiger partial charge in [0, 0.05) is 4.88 Å². The fourth-order valence-electron chi connectivity index (χ4n) is 4.48. The number of thiazole rings is 1. The average Bonchev–Trinajstić information content (AvgIpc) is 3.24. The highest BCUT2D eigenvalue weighted by molar-refractivity contribution is 7.17. The highest BCUT2D eigenvalue weighted by Gasteiger charge is 2.29. The topological polar surface area (TPSA) is 37.5 Å². The monoisotopic (exact) mass is 318 g/mol. The zero-order chi connectivity index (χ0) is 14.9. The van der Waals surface area contributed by atoms with Crippen LogP contribution >= 0.6 is 11.3 Å². The average molecular weight is 318 g/mol. The number of aliphatic hydroxyl groups excluding tert-OH is 1. The molecule has 4 rings (SSSR count). The van der Waals surface area contributed by atoms with Crippen molar-refractivity contribution in [2.75, 3.05) is 0 Å². The second kappa shape index (κ2) is 6.32. The van der Waals surface area contributed by atoms with E-state index in [0.717, 1.165) is 12.1 Å². The van der Waals surface area contributed by atoms with E-state index in [2.05, 4.69) is 9.38 Å². The van der Waals surface area contributed by atoms with Crippen LogP contribution in [-0.4, -0.2) is 14.5 Å². The van der Waals surface area contributed by atoms with Gasteiger partial charge in [0.05, 0.1) is 18.0 Å². The quantitative estimate of drug-likeness (QED) is 0.856. The molecule has 2 saturated carbocycles. The first-order chi connectivity index (χ1) is 10.8. The first-order valence-electron chi connectivity index (χ1n) is 8.95. The van der Waals surface area contributed by atoms with E-state index in [-0.39, 0.29) is 6.10 Å². The van der Waals surface area contributed by atoms with E-state index in [4.69, 9.17) is 0 Å². The molecule has 1 unspecified atom stereocenters. The number of nitrogens with zero attached hydrogens (tertiary/aromatic N) is 2. The van der Waals surface area contributed by atoms with Gasteiger partial charge in [-0.1, -0.05) is 44.9 Å². The first-order valence-corrected chi connectivity index (χ1v) is 9.77. The largest absolute Gasteiger partial charge is 0.387 e. The van der Waals surface area contributed by atoms with E-state index < -0.39 is 0 Å². The molecule has 2 aromatic heterocycles. The summed E-state index contributed by atoms with van der Waals surface area (Å²) in [5.74, 6) is 1.37. The lowest BCUT2D eigenvalue weighted by atomic mass is 9.84. The molecule has 1 atom stereocenters. The number of hydrogen-bond donors (Lipinski definition) is 1. The highest BCUT2D eigenvalue weighted by atomic mass is 32.1. The van der Waals surface area contributed by atoms with Crippen molar-refractivity contribution < 1.29 is 5.11 Å². The van der Waals surface area contributed by atoms with Crippen molar-refractivity contribution in [1.82, 2.24) is 9.38 Å². The Balaban J connectivity index is 1.62. The second-order valence-corrected chi connectivity index (χ2v) is 8.25. The molecule has 0 amide bonds. The van der Waals surface area contributed by atoms with Gasteiger partial charge in [-0.2, -0.15) is 0 Å². The minimum Gasteiger partial charge on any atom is -0.387 e. The number of fused-ring (bicyclic) bond motifs is 1. The van der Waals surface area contributed by atoms with Gasteiger partial charge in [-0.25, -0.2) is 4.98 Å². The van der Waals surface area contributed by atoms with Crippen molar-refractivity contribution in [2.24, 2.45) is 5.92 Å². The SMILES string of the molecule is OC(CC1CCCCC1)c1c(C2CCCC2)sc2cncn12. The molecule has 1 N–H and O–H groups in total. The maximum Gasteiger partial charge on any atom is 0.120 e. The van der Waals surface area contributed by atoms with E-state index >= 15 is 0 Å². The summed E-state index contributed by atoms with van der Waals surface area (Å²) >= 11 is 1.86. The summed E-state index contributed by atoms with van der Waals surface area (Å²) < 4.78 is 2.16. The molecule has 0 aliphatic heterocycles. The Morgan fingerprint density at radius 3 is 2.64 bits per heavy atom. The van der Waals surface area contributed by atoms with Crippen molar-refractivity contribution in [1.29, 1.82) is 0 Å². The van der Waals surface area contributed by atoms with Gasteiger partial charge >= 0.3 is 0 Å². The molecule has 0 saturated heterocycles. The zero-order valence-electron chi connectivity index (χ0n) is 13.2. The minimum absolute atomic E-state index is 0.318. The number of imidazole rings is 1. The van der Waals surface area contributed by atoms with Gasteiger partial charge in [-0.3, -0.25) is 4.40 Å². The summed E-state index contributed by atoms with van der Waals surface area (Å²) in [7, 11) is 0. The molecule has 2 heterocycles. The molecule has 22 heavy (non-hydrogen) atoms. The third-order valence-corrected chi connectivity index (χ3v) is 6.93. The van der Waals surface area contributed by atoms with Crippen LogP contribution in [-0.2, 0) is 0 Å². The molecule has 0 spiro atoms. The Morgan fingerprint density at radius 2 is 1.86 bits per heavy atom. The molecule has 2 aliphatic rings. The van der Waals surface area contributed by atoms with E-state index in [1.165, 1.54) is 67.5 Å². The van der Waals surface area contributed by atoms with Crippen LogP contribution in [0.15, 0.2) is 12.5 Å². The lowest BCUT2D eigenvalue weighted by molar-refractivity contribution is 0.125. The van der Waals surface area contributed by atoms with Gasteiger partial charge in [0.1, 0.15) is 11.2 Å². The summed E-state index contributed by atoms with van der Waals surface area (Å²) in [6.07, 6.45) is 16.4. The molecule has 0 bridgehead atoms. The highest BCUT2D eigenvalue weighted by Crippen LogP contribution is 2.43. The summed E-state index contributed by atoms with van der Waals surface area (Å²) in [5, 5.41) is 11.0. The zero-order valence-corrected chi connectivity index (χ0v) is 14.0. The van der Waals surface area contributed by atoms with Crippen LogP contribution in [0.5, 0.6) is 0 Å². The summed E-state index contributed by atoms with van der Waals surface area (Å²) in [6.45, 7) is 0. The lowest BCUT2D eigenvalue weighted by Crippen LogP contribution is -2.13. The van der Waals surface area contributed by atoms with Crippen LogP contribution in [0.1, 0.15) is 86.8 Å². The van der Waals surface area contributed by atoms with Gasteiger partial charge in [0.15, 0.2) is 0 Å². The Labute approximate surface area is 136 Å². The summed E-state index contributed by atoms with van der Waals surface area (Å²) in [6, 6.07) is 0. The van der Waals surface area contributed by atoms with Gasteiger partial charge in [-0.15, -0.1) is 11.3 Å². The Kier molecular flexibility index (Phi) is 4.23. The van der Waals surface area contributed by atoms with Gasteiger partial charge in [-0.05, 0) is 31.1 Å². The van der Waals surface area contributed by atoms with Crippen molar-refractivity contribution in [3.8, 4) is 0 Å². The minimum atomic E-state index is -0.318. The molecule has 120 valence electrons. The van der Waals surface area contributed by atoms with Crippen LogP contribution < -0.4 is 0 Å². The third-order valence-electron chi connectivity index (χ3n) is 5.65. The van der Waals surface area contributed by atoms with Gasteiger partial charge in [0.2, 0.25) is 0 Å². The Bertz CT molecular complexity index is 620. The number of hydrogen-bond acceptors (Lipinski definition) is 3. The molecular formula is C18H26N2OS. The van der Waals surface area contributed by atoms with Crippen molar-refractivity contribution in [3.63, 3.8) is 0 Å². The standard InChI is InChI=1S/C18H26N2OS/c21-15(10-13-6-2-1-3-7-13)17-18(14-8-4-5-9-14)22-16-11-19-12-20(16)17/h11-15,21H,1-10H2. The predicted molar refractivity (Wildman–Crippen MR) is 90.4 cm³/mol. The number of rotatable bonds is 4. The second-order valence-electron chi connectivity index (χ2n) is 7.19. The van der Waals surface area contributed by atoms with E-state index in [0.29, 0.717) is 11.8 Å². The lowest BCUT2D eigenvalue weighted by Gasteiger charge is -2.25. The number of aromatic nitrogens is 2.